The fourth-order valence-corrected chi connectivity index (χ4v) is 3.83. The van der Waals surface area contributed by atoms with Gasteiger partial charge < -0.3 is 4.74 Å². The molecule has 1 amide bonds. The first-order valence-electron chi connectivity index (χ1n) is 6.30. The SMILES string of the molecule is COc1c(I)cc(I)cc1/C=N\NC(=O)c1ccc(C)nc1. The Balaban J connectivity index is 2.12. The molecule has 1 heterocycles. The molecule has 22 heavy (non-hydrogen) atoms. The zero-order valence-corrected chi connectivity index (χ0v) is 16.2. The third kappa shape index (κ3) is 4.38. The van der Waals surface area contributed by atoms with Crippen molar-refractivity contribution >= 4 is 57.3 Å². The minimum absolute atomic E-state index is 0.303. The highest BCUT2D eigenvalue weighted by atomic mass is 127. The summed E-state index contributed by atoms with van der Waals surface area (Å²) in [6, 6.07) is 7.43. The molecule has 0 radical (unpaired) electrons. The second-order valence-electron chi connectivity index (χ2n) is 4.40. The number of rotatable bonds is 4. The lowest BCUT2D eigenvalue weighted by Gasteiger charge is -2.07. The van der Waals surface area contributed by atoms with Gasteiger partial charge in [-0.25, -0.2) is 5.43 Å². The topological polar surface area (TPSA) is 63.6 Å². The Morgan fingerprint density at radius 3 is 2.77 bits per heavy atom. The van der Waals surface area contributed by atoms with E-state index >= 15 is 0 Å². The Bertz CT molecular complexity index is 715. The Morgan fingerprint density at radius 2 is 2.14 bits per heavy atom. The smallest absolute Gasteiger partial charge is 0.272 e. The number of pyridine rings is 1. The van der Waals surface area contributed by atoms with Gasteiger partial charge in [0.1, 0.15) is 5.75 Å². The van der Waals surface area contributed by atoms with Crippen LogP contribution < -0.4 is 10.2 Å². The summed E-state index contributed by atoms with van der Waals surface area (Å²) in [4.78, 5) is 16.0. The highest BCUT2D eigenvalue weighted by Gasteiger charge is 2.08. The molecule has 2 rings (SSSR count). The number of benzene rings is 1. The van der Waals surface area contributed by atoms with Crippen LogP contribution in [0.2, 0.25) is 0 Å². The molecule has 1 aromatic carbocycles. The Labute approximate surface area is 155 Å². The van der Waals surface area contributed by atoms with Gasteiger partial charge in [-0.3, -0.25) is 9.78 Å². The fraction of sp³-hybridized carbons (Fsp3) is 0.133. The third-order valence-electron chi connectivity index (χ3n) is 2.78. The van der Waals surface area contributed by atoms with E-state index in [1.807, 2.05) is 19.1 Å². The van der Waals surface area contributed by atoms with Gasteiger partial charge in [-0.05, 0) is 76.4 Å². The molecule has 0 saturated heterocycles. The zero-order chi connectivity index (χ0) is 16.1. The van der Waals surface area contributed by atoms with Crippen molar-refractivity contribution in [1.29, 1.82) is 0 Å². The van der Waals surface area contributed by atoms with E-state index in [0.717, 1.165) is 24.1 Å². The molecule has 0 aliphatic heterocycles. The van der Waals surface area contributed by atoms with Gasteiger partial charge in [-0.1, -0.05) is 0 Å². The normalized spacial score (nSPS) is 10.7. The number of nitrogens with one attached hydrogen (secondary N) is 1. The number of ether oxygens (including phenoxy) is 1. The van der Waals surface area contributed by atoms with Gasteiger partial charge in [0.25, 0.3) is 5.91 Å². The van der Waals surface area contributed by atoms with Gasteiger partial charge in [-0.15, -0.1) is 0 Å². The van der Waals surface area contributed by atoms with Crippen molar-refractivity contribution in [3.8, 4) is 5.75 Å². The molecule has 0 aliphatic carbocycles. The van der Waals surface area contributed by atoms with Crippen LogP contribution in [0.25, 0.3) is 0 Å². The lowest BCUT2D eigenvalue weighted by atomic mass is 10.2. The monoisotopic (exact) mass is 521 g/mol. The summed E-state index contributed by atoms with van der Waals surface area (Å²) < 4.78 is 7.42. The van der Waals surface area contributed by atoms with E-state index in [1.54, 1.807) is 25.5 Å². The maximum Gasteiger partial charge on any atom is 0.272 e. The van der Waals surface area contributed by atoms with Crippen molar-refractivity contribution in [1.82, 2.24) is 10.4 Å². The number of carbonyl (C=O) groups is 1. The predicted octanol–water partition coefficient (Wildman–Crippen LogP) is 3.37. The molecule has 1 aromatic heterocycles. The number of amides is 1. The molecule has 0 bridgehead atoms. The van der Waals surface area contributed by atoms with Crippen LogP contribution in [0.5, 0.6) is 5.75 Å². The van der Waals surface area contributed by atoms with E-state index in [-0.39, 0.29) is 5.91 Å². The van der Waals surface area contributed by atoms with E-state index < -0.39 is 0 Å². The van der Waals surface area contributed by atoms with Crippen LogP contribution in [-0.2, 0) is 0 Å². The average Bonchev–Trinajstić information content (AvgIpc) is 2.47. The van der Waals surface area contributed by atoms with E-state index in [2.05, 4.69) is 60.7 Å². The number of hydrazone groups is 1. The molecule has 114 valence electrons. The molecule has 0 fully saturated rings. The maximum atomic E-state index is 11.9. The first-order valence-corrected chi connectivity index (χ1v) is 8.46. The van der Waals surface area contributed by atoms with Crippen LogP contribution in [-0.4, -0.2) is 24.2 Å². The zero-order valence-electron chi connectivity index (χ0n) is 11.9. The molecule has 0 unspecified atom stereocenters. The van der Waals surface area contributed by atoms with Crippen molar-refractivity contribution in [2.24, 2.45) is 5.10 Å². The molecule has 0 saturated carbocycles. The number of aromatic nitrogens is 1. The van der Waals surface area contributed by atoms with Crippen LogP contribution in [0.3, 0.4) is 0 Å². The minimum Gasteiger partial charge on any atom is -0.495 e. The average molecular weight is 521 g/mol. The molecule has 0 spiro atoms. The van der Waals surface area contributed by atoms with Crippen molar-refractivity contribution < 1.29 is 9.53 Å². The largest absolute Gasteiger partial charge is 0.495 e. The molecule has 1 N–H and O–H groups in total. The Kier molecular flexibility index (Phi) is 6.12. The van der Waals surface area contributed by atoms with E-state index in [1.165, 1.54) is 6.20 Å². The van der Waals surface area contributed by atoms with Gasteiger partial charge >= 0.3 is 0 Å². The van der Waals surface area contributed by atoms with Crippen LogP contribution in [0, 0.1) is 14.1 Å². The highest BCUT2D eigenvalue weighted by molar-refractivity contribution is 14.1. The van der Waals surface area contributed by atoms with Crippen LogP contribution in [0.4, 0.5) is 0 Å². The number of hydrogen-bond donors (Lipinski definition) is 1. The predicted molar refractivity (Wildman–Crippen MR) is 102 cm³/mol. The van der Waals surface area contributed by atoms with Crippen molar-refractivity contribution in [3.63, 3.8) is 0 Å². The van der Waals surface area contributed by atoms with E-state index in [9.17, 15) is 4.79 Å². The summed E-state index contributed by atoms with van der Waals surface area (Å²) in [5.41, 5.74) is 4.62. The first kappa shape index (κ1) is 17.1. The third-order valence-corrected chi connectivity index (χ3v) is 4.21. The number of nitrogens with zero attached hydrogens (tertiary/aromatic N) is 2. The van der Waals surface area contributed by atoms with Crippen molar-refractivity contribution in [2.45, 2.75) is 6.92 Å². The lowest BCUT2D eigenvalue weighted by Crippen LogP contribution is -2.17. The summed E-state index contributed by atoms with van der Waals surface area (Å²) in [5.74, 6) is 0.430. The highest BCUT2D eigenvalue weighted by Crippen LogP contribution is 2.26. The summed E-state index contributed by atoms with van der Waals surface area (Å²) in [7, 11) is 1.61. The van der Waals surface area contributed by atoms with Crippen molar-refractivity contribution in [2.75, 3.05) is 7.11 Å². The molecule has 5 nitrogen and oxygen atoms in total. The Hall–Kier alpha value is -1.23. The second kappa shape index (κ2) is 7.86. The standard InChI is InChI=1S/C15H13I2N3O2/c1-9-3-4-10(7-18-9)15(21)20-19-8-11-5-12(16)6-13(17)14(11)22-2/h3-8H,1-2H3,(H,20,21)/b19-8-. The molecule has 7 heteroatoms. The quantitative estimate of drug-likeness (QED) is 0.382. The van der Waals surface area contributed by atoms with Gasteiger partial charge in [0.15, 0.2) is 0 Å². The number of hydrogen-bond acceptors (Lipinski definition) is 4. The van der Waals surface area contributed by atoms with Gasteiger partial charge in [0.2, 0.25) is 0 Å². The molecule has 2 aromatic rings. The fourth-order valence-electron chi connectivity index (χ4n) is 1.72. The summed E-state index contributed by atoms with van der Waals surface area (Å²) >= 11 is 4.43. The molecular formula is C15H13I2N3O2. The lowest BCUT2D eigenvalue weighted by molar-refractivity contribution is 0.0955. The van der Waals surface area contributed by atoms with Gasteiger partial charge in [0, 0.05) is 21.0 Å². The van der Waals surface area contributed by atoms with Crippen LogP contribution >= 0.6 is 45.2 Å². The van der Waals surface area contributed by atoms with Crippen LogP contribution in [0.15, 0.2) is 35.6 Å². The molecule has 0 aliphatic rings. The molecule has 0 atom stereocenters. The number of aryl methyl sites for hydroxylation is 1. The van der Waals surface area contributed by atoms with Gasteiger partial charge in [0.05, 0.1) is 22.5 Å². The van der Waals surface area contributed by atoms with E-state index in [0.29, 0.717) is 5.56 Å². The number of halogens is 2. The first-order chi connectivity index (χ1) is 10.5. The van der Waals surface area contributed by atoms with Gasteiger partial charge in [-0.2, -0.15) is 5.10 Å². The summed E-state index contributed by atoms with van der Waals surface area (Å²) in [5, 5.41) is 3.99. The van der Waals surface area contributed by atoms with Crippen molar-refractivity contribution in [3.05, 3.63) is 54.4 Å². The number of methoxy groups -OCH3 is 1. The summed E-state index contributed by atoms with van der Waals surface area (Å²) in [6.07, 6.45) is 3.10. The minimum atomic E-state index is -0.303. The second-order valence-corrected chi connectivity index (χ2v) is 6.81. The van der Waals surface area contributed by atoms with Crippen LogP contribution in [0.1, 0.15) is 21.6 Å². The number of carbonyl (C=O) groups excluding carboxylic acids is 1. The Morgan fingerprint density at radius 1 is 1.36 bits per heavy atom. The molecular weight excluding hydrogens is 508 g/mol. The maximum absolute atomic E-state index is 11.9. The summed E-state index contributed by atoms with van der Waals surface area (Å²) in [6.45, 7) is 1.87. The van der Waals surface area contributed by atoms with E-state index in [4.69, 9.17) is 4.74 Å².